The van der Waals surface area contributed by atoms with Gasteiger partial charge in [-0.3, -0.25) is 9.00 Å². The van der Waals surface area contributed by atoms with E-state index in [-0.39, 0.29) is 5.78 Å². The third-order valence-corrected chi connectivity index (χ3v) is 4.34. The maximum absolute atomic E-state index is 11.9. The van der Waals surface area contributed by atoms with Gasteiger partial charge in [0.25, 0.3) is 0 Å². The zero-order chi connectivity index (χ0) is 11.1. The number of fused-ring (bicyclic) bond motifs is 3. The molecule has 1 heterocycles. The molecule has 1 aliphatic rings. The minimum Gasteiger partial charge on any atom is -0.294 e. The topological polar surface area (TPSA) is 34.1 Å². The fraction of sp³-hybridized carbons (Fsp3) is 0.154. The summed E-state index contributed by atoms with van der Waals surface area (Å²) >= 11 is 0. The molecule has 16 heavy (non-hydrogen) atoms. The fourth-order valence-electron chi connectivity index (χ4n) is 2.15. The van der Waals surface area contributed by atoms with Gasteiger partial charge in [0.15, 0.2) is 5.78 Å². The Morgan fingerprint density at radius 3 is 2.75 bits per heavy atom. The van der Waals surface area contributed by atoms with E-state index in [4.69, 9.17) is 0 Å². The van der Waals surface area contributed by atoms with Gasteiger partial charge in [-0.15, -0.1) is 0 Å². The van der Waals surface area contributed by atoms with Gasteiger partial charge in [0.05, 0.1) is 15.7 Å². The Bertz CT molecular complexity index is 616. The molecule has 0 aliphatic carbocycles. The molecule has 1 aliphatic heterocycles. The third-order valence-electron chi connectivity index (χ3n) is 2.93. The van der Waals surface area contributed by atoms with E-state index >= 15 is 0 Å². The van der Waals surface area contributed by atoms with Crippen molar-refractivity contribution in [2.75, 3.05) is 5.75 Å². The maximum Gasteiger partial charge on any atom is 0.165 e. The predicted octanol–water partition coefficient (Wildman–Crippen LogP) is 2.53. The summed E-state index contributed by atoms with van der Waals surface area (Å²) in [5, 5.41) is 1.96. The second kappa shape index (κ2) is 3.52. The van der Waals surface area contributed by atoms with Crippen LogP contribution in [-0.2, 0) is 10.8 Å². The Balaban J connectivity index is 2.44. The molecule has 1 unspecified atom stereocenters. The van der Waals surface area contributed by atoms with Crippen molar-refractivity contribution < 1.29 is 9.00 Å². The SMILES string of the molecule is O=C1CCS(=O)c2ccc3ccccc3c21. The van der Waals surface area contributed by atoms with Crippen LogP contribution in [0.3, 0.4) is 0 Å². The lowest BCUT2D eigenvalue weighted by atomic mass is 10.00. The number of hydrogen-bond acceptors (Lipinski definition) is 2. The third kappa shape index (κ3) is 1.32. The molecule has 3 heteroatoms. The lowest BCUT2D eigenvalue weighted by Crippen LogP contribution is -2.17. The summed E-state index contributed by atoms with van der Waals surface area (Å²) in [6, 6.07) is 11.5. The number of carbonyl (C=O) groups is 1. The molecule has 0 fully saturated rings. The first-order valence-corrected chi connectivity index (χ1v) is 6.52. The molecule has 2 nitrogen and oxygen atoms in total. The number of hydrogen-bond donors (Lipinski definition) is 0. The van der Waals surface area contributed by atoms with Crippen LogP contribution < -0.4 is 0 Å². The van der Waals surface area contributed by atoms with E-state index in [1.165, 1.54) is 0 Å². The van der Waals surface area contributed by atoms with Gasteiger partial charge in [-0.1, -0.05) is 30.3 Å². The highest BCUT2D eigenvalue weighted by Crippen LogP contribution is 2.29. The van der Waals surface area contributed by atoms with Gasteiger partial charge < -0.3 is 0 Å². The Morgan fingerprint density at radius 2 is 1.88 bits per heavy atom. The maximum atomic E-state index is 11.9. The highest BCUT2D eigenvalue weighted by atomic mass is 32.2. The smallest absolute Gasteiger partial charge is 0.165 e. The quantitative estimate of drug-likeness (QED) is 0.697. The zero-order valence-corrected chi connectivity index (χ0v) is 9.42. The van der Waals surface area contributed by atoms with Crippen LogP contribution in [0.25, 0.3) is 10.8 Å². The summed E-state index contributed by atoms with van der Waals surface area (Å²) < 4.78 is 11.8. The lowest BCUT2D eigenvalue weighted by Gasteiger charge is -2.16. The van der Waals surface area contributed by atoms with Crippen molar-refractivity contribution in [3.63, 3.8) is 0 Å². The molecule has 0 radical (unpaired) electrons. The van der Waals surface area contributed by atoms with Crippen LogP contribution in [0.15, 0.2) is 41.3 Å². The molecule has 0 saturated carbocycles. The van der Waals surface area contributed by atoms with Crippen molar-refractivity contribution in [3.05, 3.63) is 42.0 Å². The molecular formula is C13H10O2S. The first kappa shape index (κ1) is 9.73. The molecular weight excluding hydrogens is 220 g/mol. The van der Waals surface area contributed by atoms with E-state index in [2.05, 4.69) is 0 Å². The summed E-state index contributed by atoms with van der Waals surface area (Å²) in [5.41, 5.74) is 0.669. The largest absolute Gasteiger partial charge is 0.294 e. The summed E-state index contributed by atoms with van der Waals surface area (Å²) in [6.07, 6.45) is 0.396. The van der Waals surface area contributed by atoms with Gasteiger partial charge >= 0.3 is 0 Å². The van der Waals surface area contributed by atoms with E-state index in [0.29, 0.717) is 22.6 Å². The summed E-state index contributed by atoms with van der Waals surface area (Å²) in [5.74, 6) is 0.580. The number of Topliss-reactive ketones (excluding diaryl/α,β-unsaturated/α-hetero) is 1. The number of benzene rings is 2. The first-order chi connectivity index (χ1) is 7.77. The molecule has 80 valence electrons. The number of rotatable bonds is 0. The molecule has 2 aromatic rings. The average molecular weight is 230 g/mol. The number of carbonyl (C=O) groups excluding carboxylic acids is 1. The predicted molar refractivity (Wildman–Crippen MR) is 64.2 cm³/mol. The average Bonchev–Trinajstić information content (AvgIpc) is 2.33. The molecule has 3 rings (SSSR count). The van der Waals surface area contributed by atoms with E-state index in [9.17, 15) is 9.00 Å². The van der Waals surface area contributed by atoms with Gasteiger partial charge in [-0.05, 0) is 16.8 Å². The Morgan fingerprint density at radius 1 is 1.06 bits per heavy atom. The second-order valence-corrected chi connectivity index (χ2v) is 5.42. The van der Waals surface area contributed by atoms with Crippen molar-refractivity contribution in [1.29, 1.82) is 0 Å². The number of ketones is 1. The molecule has 1 atom stereocenters. The van der Waals surface area contributed by atoms with Gasteiger partial charge in [0, 0.05) is 17.7 Å². The van der Waals surface area contributed by atoms with Crippen LogP contribution in [0.4, 0.5) is 0 Å². The molecule has 0 aromatic heterocycles. The first-order valence-electron chi connectivity index (χ1n) is 5.21. The van der Waals surface area contributed by atoms with E-state index in [0.717, 1.165) is 10.8 Å². The minimum absolute atomic E-state index is 0.117. The molecule has 0 spiro atoms. The van der Waals surface area contributed by atoms with E-state index in [1.54, 1.807) is 0 Å². The molecule has 0 saturated heterocycles. The van der Waals surface area contributed by atoms with Crippen molar-refractivity contribution in [2.24, 2.45) is 0 Å². The standard InChI is InChI=1S/C13H10O2S/c14-11-7-8-16(15)12-6-5-9-3-1-2-4-10(9)13(11)12/h1-6H,7-8H2. The molecule has 0 N–H and O–H groups in total. The van der Waals surface area contributed by atoms with Crippen molar-refractivity contribution in [2.45, 2.75) is 11.3 Å². The van der Waals surface area contributed by atoms with Crippen LogP contribution in [0.1, 0.15) is 16.8 Å². The van der Waals surface area contributed by atoms with Crippen LogP contribution in [-0.4, -0.2) is 15.7 Å². The Kier molecular flexibility index (Phi) is 2.14. The van der Waals surface area contributed by atoms with Crippen molar-refractivity contribution >= 4 is 27.4 Å². The molecule has 0 bridgehead atoms. The van der Waals surface area contributed by atoms with Crippen LogP contribution in [0, 0.1) is 0 Å². The molecule has 2 aromatic carbocycles. The second-order valence-electron chi connectivity index (χ2n) is 3.88. The summed E-state index contributed by atoms with van der Waals surface area (Å²) in [4.78, 5) is 12.6. The Hall–Kier alpha value is -1.48. The monoisotopic (exact) mass is 230 g/mol. The van der Waals surface area contributed by atoms with Crippen LogP contribution >= 0.6 is 0 Å². The van der Waals surface area contributed by atoms with Crippen LogP contribution in [0.2, 0.25) is 0 Å². The van der Waals surface area contributed by atoms with Gasteiger partial charge in [0.1, 0.15) is 0 Å². The fourth-order valence-corrected chi connectivity index (χ4v) is 3.41. The zero-order valence-electron chi connectivity index (χ0n) is 8.60. The lowest BCUT2D eigenvalue weighted by molar-refractivity contribution is 0.0985. The van der Waals surface area contributed by atoms with Gasteiger partial charge in [0.2, 0.25) is 0 Å². The molecule has 0 amide bonds. The van der Waals surface area contributed by atoms with E-state index in [1.807, 2.05) is 36.4 Å². The summed E-state index contributed by atoms with van der Waals surface area (Å²) in [7, 11) is -1.01. The minimum atomic E-state index is -1.01. The van der Waals surface area contributed by atoms with Crippen molar-refractivity contribution in [1.82, 2.24) is 0 Å². The Labute approximate surface area is 95.7 Å². The van der Waals surface area contributed by atoms with Gasteiger partial charge in [-0.2, -0.15) is 0 Å². The van der Waals surface area contributed by atoms with Gasteiger partial charge in [-0.25, -0.2) is 0 Å². The van der Waals surface area contributed by atoms with Crippen molar-refractivity contribution in [3.8, 4) is 0 Å². The highest BCUT2D eigenvalue weighted by molar-refractivity contribution is 7.85. The normalized spacial score (nSPS) is 19.8. The highest BCUT2D eigenvalue weighted by Gasteiger charge is 2.24. The van der Waals surface area contributed by atoms with E-state index < -0.39 is 10.8 Å². The van der Waals surface area contributed by atoms with Crippen LogP contribution in [0.5, 0.6) is 0 Å². The summed E-state index contributed by atoms with van der Waals surface area (Å²) in [6.45, 7) is 0.